The number of halogens is 4. The second-order valence-corrected chi connectivity index (χ2v) is 9.80. The molecule has 1 aromatic rings. The zero-order valence-corrected chi connectivity index (χ0v) is 20.5. The van der Waals surface area contributed by atoms with Crippen LogP contribution in [0.2, 0.25) is 0 Å². The van der Waals surface area contributed by atoms with Gasteiger partial charge in [-0.25, -0.2) is 13.2 Å². The van der Waals surface area contributed by atoms with Gasteiger partial charge in [-0.05, 0) is 72.5 Å². The Balaban J connectivity index is 1.89. The molecule has 1 aromatic carbocycles. The Hall–Kier alpha value is -2.04. The molecular formula is C28H38F4O. The van der Waals surface area contributed by atoms with Crippen LogP contribution in [0.25, 0.3) is 0 Å². The van der Waals surface area contributed by atoms with Gasteiger partial charge in [0.25, 0.3) is 0 Å². The van der Waals surface area contributed by atoms with Crippen LogP contribution in [-0.2, 0) is 11.2 Å². The highest BCUT2D eigenvalue weighted by Gasteiger charge is 2.25. The predicted molar refractivity (Wildman–Crippen MR) is 127 cm³/mol. The van der Waals surface area contributed by atoms with Crippen molar-refractivity contribution in [3.8, 4) is 0 Å². The molecule has 33 heavy (non-hydrogen) atoms. The molecule has 184 valence electrons. The van der Waals surface area contributed by atoms with Crippen LogP contribution in [0.1, 0.15) is 82.8 Å². The Morgan fingerprint density at radius 3 is 2.21 bits per heavy atom. The lowest BCUT2D eigenvalue weighted by molar-refractivity contribution is 0.280. The van der Waals surface area contributed by atoms with Gasteiger partial charge in [0.15, 0.2) is 23.3 Å². The number of allylic oxidation sites excluding steroid dienone is 3. The minimum atomic E-state index is -1.13. The van der Waals surface area contributed by atoms with E-state index in [0.717, 1.165) is 32.1 Å². The van der Waals surface area contributed by atoms with E-state index in [4.69, 9.17) is 0 Å². The number of aryl methyl sites for hydroxylation is 1. The molecule has 0 radical (unpaired) electrons. The summed E-state index contributed by atoms with van der Waals surface area (Å²) in [5.41, 5.74) is 0.986. The second-order valence-electron chi connectivity index (χ2n) is 9.80. The lowest BCUT2D eigenvalue weighted by Crippen LogP contribution is -2.13. The highest BCUT2D eigenvalue weighted by molar-refractivity contribution is 5.33. The molecule has 1 aliphatic rings. The molecule has 0 spiro atoms. The van der Waals surface area contributed by atoms with E-state index in [1.54, 1.807) is 19.1 Å². The molecule has 5 heteroatoms. The zero-order chi connectivity index (χ0) is 24.7. The summed E-state index contributed by atoms with van der Waals surface area (Å²) in [6.07, 6.45) is 6.42. The first-order valence-electron chi connectivity index (χ1n) is 12.0. The Morgan fingerprint density at radius 1 is 0.970 bits per heavy atom. The fourth-order valence-corrected chi connectivity index (χ4v) is 4.51. The smallest absolute Gasteiger partial charge is 0.200 e. The minimum absolute atomic E-state index is 0.0683. The van der Waals surface area contributed by atoms with Gasteiger partial charge in [0.1, 0.15) is 5.76 Å². The average molecular weight is 467 g/mol. The van der Waals surface area contributed by atoms with Crippen molar-refractivity contribution in [2.45, 2.75) is 78.1 Å². The molecule has 0 bridgehead atoms. The number of benzene rings is 1. The molecule has 1 aliphatic carbocycles. The Labute approximate surface area is 196 Å². The van der Waals surface area contributed by atoms with Crippen LogP contribution in [0, 0.1) is 29.4 Å². The van der Waals surface area contributed by atoms with E-state index in [1.165, 1.54) is 7.11 Å². The predicted octanol–water partition coefficient (Wildman–Crippen LogP) is 9.11. The molecule has 1 fully saturated rings. The van der Waals surface area contributed by atoms with Crippen LogP contribution in [-0.4, -0.2) is 7.11 Å². The summed E-state index contributed by atoms with van der Waals surface area (Å²) in [6, 6.07) is 3.50. The van der Waals surface area contributed by atoms with Gasteiger partial charge in [-0.15, -0.1) is 0 Å². The van der Waals surface area contributed by atoms with Crippen molar-refractivity contribution in [3.05, 3.63) is 71.0 Å². The van der Waals surface area contributed by atoms with Crippen molar-refractivity contribution in [1.29, 1.82) is 0 Å². The summed E-state index contributed by atoms with van der Waals surface area (Å²) in [5.74, 6) is -3.23. The lowest BCUT2D eigenvalue weighted by Gasteiger charge is -2.27. The van der Waals surface area contributed by atoms with Gasteiger partial charge in [-0.2, -0.15) is 4.39 Å². The fraction of sp³-hybridized carbons (Fsp3) is 0.571. The summed E-state index contributed by atoms with van der Waals surface area (Å²) in [5, 5.41) is 0. The molecular weight excluding hydrogens is 428 g/mol. The monoisotopic (exact) mass is 466 g/mol. The third-order valence-corrected chi connectivity index (χ3v) is 7.21. The Morgan fingerprint density at radius 2 is 1.61 bits per heavy atom. The Bertz CT molecular complexity index is 865. The molecule has 0 aliphatic heterocycles. The molecule has 2 rings (SSSR count). The van der Waals surface area contributed by atoms with Crippen LogP contribution in [0.4, 0.5) is 17.6 Å². The molecule has 0 heterocycles. The van der Waals surface area contributed by atoms with E-state index >= 15 is 0 Å². The number of hydrogen-bond acceptors (Lipinski definition) is 1. The third kappa shape index (κ3) is 7.22. The normalized spacial score (nSPS) is 21.2. The zero-order valence-electron chi connectivity index (χ0n) is 20.5. The van der Waals surface area contributed by atoms with Crippen LogP contribution in [0.5, 0.6) is 0 Å². The first kappa shape index (κ1) is 27.2. The summed E-state index contributed by atoms with van der Waals surface area (Å²) >= 11 is 0. The van der Waals surface area contributed by atoms with Crippen LogP contribution in [0.15, 0.2) is 48.3 Å². The summed E-state index contributed by atoms with van der Waals surface area (Å²) in [4.78, 5) is 0. The van der Waals surface area contributed by atoms with E-state index in [2.05, 4.69) is 24.8 Å². The van der Waals surface area contributed by atoms with Crippen LogP contribution in [0.3, 0.4) is 0 Å². The standard InChI is InChI=1S/C28H38F4O/c1-17(7-11-19(3)20(4)25(29)26(30)21(5)33-6)10-14-23-15-16-24(28(32)27(23)31)22-12-8-18(2)9-13-22/h15-19,22H,4-5,7-14H2,1-3,6H3/b26-25-. The van der Waals surface area contributed by atoms with E-state index in [0.29, 0.717) is 36.3 Å². The molecule has 0 amide bonds. The number of methoxy groups -OCH3 is 1. The maximum atomic E-state index is 14.8. The topological polar surface area (TPSA) is 9.23 Å². The molecule has 0 aromatic heterocycles. The molecule has 0 N–H and O–H groups in total. The van der Waals surface area contributed by atoms with Gasteiger partial charge in [0, 0.05) is 0 Å². The van der Waals surface area contributed by atoms with Gasteiger partial charge in [0.05, 0.1) is 7.11 Å². The van der Waals surface area contributed by atoms with Gasteiger partial charge >= 0.3 is 0 Å². The molecule has 2 unspecified atom stereocenters. The first-order valence-corrected chi connectivity index (χ1v) is 12.0. The number of hydrogen-bond donors (Lipinski definition) is 0. The molecule has 1 nitrogen and oxygen atoms in total. The van der Waals surface area contributed by atoms with Gasteiger partial charge < -0.3 is 4.74 Å². The highest BCUT2D eigenvalue weighted by atomic mass is 19.2. The van der Waals surface area contributed by atoms with E-state index in [-0.39, 0.29) is 29.1 Å². The van der Waals surface area contributed by atoms with Crippen molar-refractivity contribution < 1.29 is 22.3 Å². The van der Waals surface area contributed by atoms with Gasteiger partial charge in [0.2, 0.25) is 0 Å². The maximum Gasteiger partial charge on any atom is 0.200 e. The number of ether oxygens (including phenoxy) is 1. The van der Waals surface area contributed by atoms with E-state index < -0.39 is 23.3 Å². The highest BCUT2D eigenvalue weighted by Crippen LogP contribution is 2.38. The lowest BCUT2D eigenvalue weighted by atomic mass is 9.79. The van der Waals surface area contributed by atoms with Crippen molar-refractivity contribution in [2.75, 3.05) is 7.11 Å². The van der Waals surface area contributed by atoms with Gasteiger partial charge in [-0.3, -0.25) is 0 Å². The SMILES string of the molecule is C=C(OC)/C(F)=C(/F)C(=C)C(C)CCC(C)CCc1ccc(C2CCC(C)CC2)c(F)c1F. The quantitative estimate of drug-likeness (QED) is 0.179. The molecule has 1 saturated carbocycles. The molecule has 2 atom stereocenters. The van der Waals surface area contributed by atoms with Crippen molar-refractivity contribution in [1.82, 2.24) is 0 Å². The summed E-state index contributed by atoms with van der Waals surface area (Å²) < 4.78 is 62.3. The number of rotatable bonds is 11. The average Bonchev–Trinajstić information content (AvgIpc) is 2.82. The van der Waals surface area contributed by atoms with Crippen molar-refractivity contribution in [3.63, 3.8) is 0 Å². The minimum Gasteiger partial charge on any atom is -0.494 e. The van der Waals surface area contributed by atoms with Crippen LogP contribution >= 0.6 is 0 Å². The first-order chi connectivity index (χ1) is 15.6. The third-order valence-electron chi connectivity index (χ3n) is 7.21. The molecule has 0 saturated heterocycles. The second kappa shape index (κ2) is 12.4. The maximum absolute atomic E-state index is 14.8. The Kier molecular flexibility index (Phi) is 10.2. The van der Waals surface area contributed by atoms with Crippen molar-refractivity contribution in [2.24, 2.45) is 17.8 Å². The van der Waals surface area contributed by atoms with Crippen molar-refractivity contribution >= 4 is 0 Å². The fourth-order valence-electron chi connectivity index (χ4n) is 4.51. The van der Waals surface area contributed by atoms with E-state index in [9.17, 15) is 17.6 Å². The largest absolute Gasteiger partial charge is 0.494 e. The summed E-state index contributed by atoms with van der Waals surface area (Å²) in [7, 11) is 1.22. The van der Waals surface area contributed by atoms with Crippen LogP contribution < -0.4 is 0 Å². The van der Waals surface area contributed by atoms with E-state index in [1.807, 2.05) is 6.92 Å². The summed E-state index contributed by atoms with van der Waals surface area (Å²) in [6.45, 7) is 13.0. The van der Waals surface area contributed by atoms with Gasteiger partial charge in [-0.1, -0.05) is 65.3 Å².